The molecule has 0 aliphatic rings. The quantitative estimate of drug-likeness (QED) is 0.733. The highest BCUT2D eigenvalue weighted by molar-refractivity contribution is 8.00. The highest BCUT2D eigenvalue weighted by Gasteiger charge is 2.23. The number of aliphatic hydroxyl groups excluding tert-OH is 1. The molecule has 0 fully saturated rings. The van der Waals surface area contributed by atoms with Crippen molar-refractivity contribution in [2.24, 2.45) is 0 Å². The van der Waals surface area contributed by atoms with Gasteiger partial charge in [-0.3, -0.25) is 0 Å². The summed E-state index contributed by atoms with van der Waals surface area (Å²) < 4.78 is 4.94. The molecule has 2 N–H and O–H groups in total. The van der Waals surface area contributed by atoms with Crippen molar-refractivity contribution in [3.8, 4) is 0 Å². The minimum Gasteiger partial charge on any atom is -0.394 e. The summed E-state index contributed by atoms with van der Waals surface area (Å²) in [5.41, 5.74) is -0.203. The standard InChI is InChI=1S/C10H19N3OS2/c1-8(2)13-10(3,6-14)4-5-15-9-11-7-12-16-9/h7-8,13-14H,4-6H2,1-3H3. The largest absolute Gasteiger partial charge is 0.394 e. The molecule has 1 atom stereocenters. The molecule has 0 radical (unpaired) electrons. The van der Waals surface area contributed by atoms with Crippen LogP contribution >= 0.6 is 23.3 Å². The number of hydrogen-bond acceptors (Lipinski definition) is 6. The van der Waals surface area contributed by atoms with Crippen LogP contribution in [0.4, 0.5) is 0 Å². The first kappa shape index (κ1) is 13.9. The second kappa shape index (κ2) is 6.54. The van der Waals surface area contributed by atoms with Crippen molar-refractivity contribution in [1.29, 1.82) is 0 Å². The van der Waals surface area contributed by atoms with Gasteiger partial charge in [-0.15, -0.1) is 0 Å². The Hall–Kier alpha value is -0.170. The third-order valence-electron chi connectivity index (χ3n) is 2.21. The maximum absolute atomic E-state index is 9.39. The van der Waals surface area contributed by atoms with Crippen molar-refractivity contribution in [2.75, 3.05) is 12.4 Å². The van der Waals surface area contributed by atoms with E-state index in [4.69, 9.17) is 0 Å². The van der Waals surface area contributed by atoms with Gasteiger partial charge in [-0.25, -0.2) is 4.98 Å². The summed E-state index contributed by atoms with van der Waals surface area (Å²) in [4.78, 5) is 4.11. The molecule has 0 amide bonds. The van der Waals surface area contributed by atoms with Gasteiger partial charge in [-0.2, -0.15) is 4.37 Å². The third kappa shape index (κ3) is 4.78. The second-order valence-corrected chi connectivity index (χ2v) is 6.45. The Morgan fingerprint density at radius 3 is 2.88 bits per heavy atom. The molecule has 1 unspecified atom stereocenters. The summed E-state index contributed by atoms with van der Waals surface area (Å²) in [6.07, 6.45) is 2.48. The van der Waals surface area contributed by atoms with Crippen LogP contribution in [0.2, 0.25) is 0 Å². The number of aliphatic hydroxyl groups is 1. The van der Waals surface area contributed by atoms with Crippen LogP contribution in [0.3, 0.4) is 0 Å². The lowest BCUT2D eigenvalue weighted by Crippen LogP contribution is -2.49. The molecule has 0 spiro atoms. The Morgan fingerprint density at radius 2 is 2.38 bits per heavy atom. The Bertz CT molecular complexity index is 292. The maximum Gasteiger partial charge on any atom is 0.169 e. The van der Waals surface area contributed by atoms with Crippen LogP contribution in [0.1, 0.15) is 27.2 Å². The van der Waals surface area contributed by atoms with Crippen LogP contribution < -0.4 is 5.32 Å². The van der Waals surface area contributed by atoms with Crippen LogP contribution in [0.5, 0.6) is 0 Å². The van der Waals surface area contributed by atoms with Crippen molar-refractivity contribution in [1.82, 2.24) is 14.7 Å². The summed E-state index contributed by atoms with van der Waals surface area (Å²) in [5.74, 6) is 0.936. The molecule has 0 saturated carbocycles. The maximum atomic E-state index is 9.39. The highest BCUT2D eigenvalue weighted by Crippen LogP contribution is 2.22. The molecule has 1 aromatic heterocycles. The first-order valence-corrected chi connectivity index (χ1v) is 7.10. The van der Waals surface area contributed by atoms with Crippen LogP contribution in [-0.2, 0) is 0 Å². The Morgan fingerprint density at radius 1 is 1.62 bits per heavy atom. The van der Waals surface area contributed by atoms with Crippen LogP contribution in [0, 0.1) is 0 Å². The van der Waals surface area contributed by atoms with Crippen LogP contribution in [0.15, 0.2) is 10.7 Å². The first-order chi connectivity index (χ1) is 7.56. The van der Waals surface area contributed by atoms with Gasteiger partial charge in [0.15, 0.2) is 4.34 Å². The summed E-state index contributed by atoms with van der Waals surface area (Å²) >= 11 is 3.10. The lowest BCUT2D eigenvalue weighted by atomic mass is 9.99. The molecular weight excluding hydrogens is 242 g/mol. The van der Waals surface area contributed by atoms with E-state index in [1.165, 1.54) is 11.5 Å². The van der Waals surface area contributed by atoms with Gasteiger partial charge in [-0.05, 0) is 24.9 Å². The van der Waals surface area contributed by atoms with E-state index in [-0.39, 0.29) is 12.1 Å². The zero-order valence-corrected chi connectivity index (χ0v) is 11.6. The average Bonchev–Trinajstić information content (AvgIpc) is 2.69. The lowest BCUT2D eigenvalue weighted by molar-refractivity contribution is 0.162. The predicted octanol–water partition coefficient (Wildman–Crippen LogP) is 1.77. The van der Waals surface area contributed by atoms with Gasteiger partial charge in [0.05, 0.1) is 6.61 Å². The van der Waals surface area contributed by atoms with E-state index in [2.05, 4.69) is 28.5 Å². The Balaban J connectivity index is 2.33. The number of nitrogens with zero attached hydrogens (tertiary/aromatic N) is 2. The van der Waals surface area contributed by atoms with Gasteiger partial charge < -0.3 is 10.4 Å². The molecule has 0 aliphatic heterocycles. The van der Waals surface area contributed by atoms with Crippen LogP contribution in [0.25, 0.3) is 0 Å². The van der Waals surface area contributed by atoms with Crippen LogP contribution in [-0.4, -0.2) is 38.4 Å². The third-order valence-corrected chi connectivity index (χ3v) is 4.01. The lowest BCUT2D eigenvalue weighted by Gasteiger charge is -2.30. The zero-order valence-electron chi connectivity index (χ0n) is 9.93. The fourth-order valence-electron chi connectivity index (χ4n) is 1.48. The monoisotopic (exact) mass is 261 g/mol. The van der Waals surface area contributed by atoms with E-state index < -0.39 is 0 Å². The summed E-state index contributed by atoms with van der Waals surface area (Å²) in [6, 6.07) is 0.378. The number of thioether (sulfide) groups is 1. The minimum atomic E-state index is -0.203. The second-order valence-electron chi connectivity index (χ2n) is 4.32. The van der Waals surface area contributed by atoms with Gasteiger partial charge in [0.25, 0.3) is 0 Å². The minimum absolute atomic E-state index is 0.155. The zero-order chi connectivity index (χ0) is 12.0. The molecule has 1 rings (SSSR count). The van der Waals surface area contributed by atoms with E-state index in [0.29, 0.717) is 6.04 Å². The molecule has 6 heteroatoms. The van der Waals surface area contributed by atoms with Crippen molar-refractivity contribution in [3.63, 3.8) is 0 Å². The van der Waals surface area contributed by atoms with Crippen molar-refractivity contribution < 1.29 is 5.11 Å². The molecule has 92 valence electrons. The topological polar surface area (TPSA) is 58.0 Å². The summed E-state index contributed by atoms with van der Waals surface area (Å²) in [5, 5.41) is 12.8. The molecule has 0 saturated heterocycles. The van der Waals surface area contributed by atoms with Gasteiger partial charge in [-0.1, -0.05) is 25.6 Å². The number of rotatable bonds is 7. The SMILES string of the molecule is CC(C)NC(C)(CO)CCSc1ncns1. The Kier molecular flexibility index (Phi) is 5.68. The van der Waals surface area contributed by atoms with Crippen molar-refractivity contribution in [2.45, 2.75) is 43.1 Å². The molecule has 1 aromatic rings. The molecule has 0 bridgehead atoms. The van der Waals surface area contributed by atoms with E-state index in [0.717, 1.165) is 16.5 Å². The van der Waals surface area contributed by atoms with Crippen molar-refractivity contribution in [3.05, 3.63) is 6.33 Å². The predicted molar refractivity (Wildman–Crippen MR) is 69.0 cm³/mol. The van der Waals surface area contributed by atoms with Gasteiger partial charge in [0, 0.05) is 17.3 Å². The van der Waals surface area contributed by atoms with Crippen molar-refractivity contribution >= 4 is 23.3 Å². The van der Waals surface area contributed by atoms with E-state index in [1.54, 1.807) is 18.1 Å². The average molecular weight is 261 g/mol. The van der Waals surface area contributed by atoms with Gasteiger partial charge in [0.2, 0.25) is 0 Å². The first-order valence-electron chi connectivity index (χ1n) is 5.34. The highest BCUT2D eigenvalue weighted by atomic mass is 32.2. The fraction of sp³-hybridized carbons (Fsp3) is 0.800. The Labute approximate surface area is 105 Å². The summed E-state index contributed by atoms with van der Waals surface area (Å²) in [6.45, 7) is 6.38. The number of hydrogen-bond donors (Lipinski definition) is 2. The normalized spacial score (nSPS) is 15.3. The van der Waals surface area contributed by atoms with Gasteiger partial charge in [0.1, 0.15) is 6.33 Å². The summed E-state index contributed by atoms with van der Waals surface area (Å²) in [7, 11) is 0. The molecule has 1 heterocycles. The van der Waals surface area contributed by atoms with E-state index in [9.17, 15) is 5.11 Å². The van der Waals surface area contributed by atoms with E-state index in [1.807, 2.05) is 6.92 Å². The van der Waals surface area contributed by atoms with E-state index >= 15 is 0 Å². The van der Waals surface area contributed by atoms with Gasteiger partial charge >= 0.3 is 0 Å². The molecule has 4 nitrogen and oxygen atoms in total. The number of nitrogens with one attached hydrogen (secondary N) is 1. The smallest absolute Gasteiger partial charge is 0.169 e. The number of aromatic nitrogens is 2. The molecule has 0 aliphatic carbocycles. The fourth-order valence-corrected chi connectivity index (χ4v) is 3.20. The molecule has 0 aromatic carbocycles. The molecule has 16 heavy (non-hydrogen) atoms. The molecular formula is C10H19N3OS2.